The van der Waals surface area contributed by atoms with E-state index in [1.54, 1.807) is 13.2 Å². The van der Waals surface area contributed by atoms with Crippen molar-refractivity contribution in [3.63, 3.8) is 0 Å². The molecule has 0 aliphatic heterocycles. The smallest absolute Gasteiger partial charge is 0.147 e. The molecule has 0 aromatic heterocycles. The molecule has 1 aromatic carbocycles. The van der Waals surface area contributed by atoms with E-state index in [9.17, 15) is 3.09 Å². The Labute approximate surface area is 142 Å². The molecule has 0 fully saturated rings. The number of hydrogen-bond acceptors (Lipinski definition) is 2. The van der Waals surface area contributed by atoms with Gasteiger partial charge in [0.1, 0.15) is 0 Å². The first-order chi connectivity index (χ1) is 8.24. The summed E-state index contributed by atoms with van der Waals surface area (Å²) in [6, 6.07) is 5.70. The topological polar surface area (TPSA) is 18.5 Å². The zero-order valence-corrected chi connectivity index (χ0v) is 17.2. The Morgan fingerprint density at radius 3 is 1.95 bits per heavy atom. The van der Waals surface area contributed by atoms with Gasteiger partial charge < -0.3 is 0 Å². The van der Waals surface area contributed by atoms with Crippen LogP contribution in [0.2, 0.25) is 13.1 Å². The minimum absolute atomic E-state index is 0. The minimum Gasteiger partial charge on any atom is -0.147 e. The van der Waals surface area contributed by atoms with E-state index in [2.05, 4.69) is 20.8 Å². The number of rotatable bonds is 4. The molecule has 2 nitrogen and oxygen atoms in total. The van der Waals surface area contributed by atoms with Gasteiger partial charge in [-0.1, -0.05) is 0 Å². The second-order valence-electron chi connectivity index (χ2n) is 5.71. The van der Waals surface area contributed by atoms with Crippen molar-refractivity contribution in [2.45, 2.75) is 39.3 Å². The van der Waals surface area contributed by atoms with Gasteiger partial charge in [-0.3, -0.25) is 0 Å². The third-order valence-corrected chi connectivity index (χ3v) is 8.97. The van der Waals surface area contributed by atoms with Crippen LogP contribution in [-0.4, -0.2) is 13.8 Å². The summed E-state index contributed by atoms with van der Waals surface area (Å²) in [4.78, 5) is 0. The van der Waals surface area contributed by atoms with Crippen molar-refractivity contribution in [1.82, 2.24) is 0 Å². The van der Waals surface area contributed by atoms with Gasteiger partial charge in [0.05, 0.1) is 0 Å². The summed E-state index contributed by atoms with van der Waals surface area (Å²) in [6.45, 7) is 9.08. The van der Waals surface area contributed by atoms with Crippen molar-refractivity contribution in [2.75, 3.05) is 7.11 Å². The molecule has 117 valence electrons. The molecule has 0 spiro atoms. The Morgan fingerprint density at radius 1 is 1.05 bits per heavy atom. The second kappa shape index (κ2) is 9.31. The van der Waals surface area contributed by atoms with Gasteiger partial charge in [-0.05, 0) is 0 Å². The number of hydrogen-bond donors (Lipinski definition) is 0. The van der Waals surface area contributed by atoms with Crippen molar-refractivity contribution < 1.29 is 29.2 Å². The minimum atomic E-state index is -2.80. The molecule has 0 heterocycles. The third-order valence-electron chi connectivity index (χ3n) is 2.65. The largest absolute Gasteiger partial charge is 0.147 e. The normalized spacial score (nSPS) is 10.4. The zero-order valence-electron chi connectivity index (χ0n) is 12.8. The molecule has 0 amide bonds. The van der Waals surface area contributed by atoms with Crippen LogP contribution in [0.1, 0.15) is 26.3 Å². The average Bonchev–Trinajstić information content (AvgIpc) is 2.27. The van der Waals surface area contributed by atoms with Crippen molar-refractivity contribution in [3.8, 4) is 11.5 Å². The Balaban J connectivity index is 0. The van der Waals surface area contributed by atoms with Gasteiger partial charge in [0.25, 0.3) is 0 Å². The Kier molecular flexibility index (Phi) is 10.5. The standard InChI is InChI=1S/C11H16O2.C2H7Si.2ClH.FH.Ti/c1-11(2,3)8-5-9(12)7-10(6-8)13-4;1-3-2;;;;/h5-7,12H,1-4H3;3H,1-2H3;3*1H;/q;;;;;+2/p-2. The molecule has 0 saturated carbocycles. The Hall–Kier alpha value is 0.261. The summed E-state index contributed by atoms with van der Waals surface area (Å²) in [7, 11) is 1.62. The van der Waals surface area contributed by atoms with E-state index in [0.717, 1.165) is 11.3 Å². The van der Waals surface area contributed by atoms with Crippen molar-refractivity contribution in [1.29, 1.82) is 0 Å². The van der Waals surface area contributed by atoms with Gasteiger partial charge >= 0.3 is 118 Å². The predicted molar refractivity (Wildman–Crippen MR) is 86.8 cm³/mol. The van der Waals surface area contributed by atoms with Crippen LogP contribution in [0, 0.1) is 0 Å². The average molecular weight is 378 g/mol. The molecule has 0 atom stereocenters. The molecular weight excluding hydrogens is 354 g/mol. The quantitative estimate of drug-likeness (QED) is 0.713. The van der Waals surface area contributed by atoms with Crippen LogP contribution in [0.4, 0.5) is 3.09 Å². The van der Waals surface area contributed by atoms with Crippen molar-refractivity contribution in [2.24, 2.45) is 0 Å². The van der Waals surface area contributed by atoms with E-state index in [0.29, 0.717) is 5.75 Å². The molecule has 0 saturated heterocycles. The molecule has 0 bridgehead atoms. The molecule has 1 rings (SSSR count). The first kappa shape index (κ1) is 22.5. The predicted octanol–water partition coefficient (Wildman–Crippen LogP) is 4.62. The second-order valence-corrected chi connectivity index (χ2v) is 16.6. The monoisotopic (exact) mass is 377 g/mol. The number of halogens is 3. The molecule has 20 heavy (non-hydrogen) atoms. The van der Waals surface area contributed by atoms with Gasteiger partial charge in [0.15, 0.2) is 0 Å². The van der Waals surface area contributed by atoms with Crippen LogP contribution in [0.25, 0.3) is 0 Å². The molecule has 0 aliphatic rings. The summed E-state index contributed by atoms with van der Waals surface area (Å²) in [5.41, 5.74) is 1.10. The van der Waals surface area contributed by atoms with Gasteiger partial charge in [0.2, 0.25) is 0 Å². The zero-order chi connectivity index (χ0) is 13.9. The summed E-state index contributed by atoms with van der Waals surface area (Å²) < 4.78 is 24.6. The third kappa shape index (κ3) is 6.81. The first-order valence-electron chi connectivity index (χ1n) is 6.14. The number of benzene rings is 1. The van der Waals surface area contributed by atoms with Crippen LogP contribution in [0.5, 0.6) is 11.5 Å². The molecule has 0 radical (unpaired) electrons. The first-order valence-corrected chi connectivity index (χ1v) is 13.0. The van der Waals surface area contributed by atoms with E-state index < -0.39 is 24.7 Å². The molecule has 0 aliphatic carbocycles. The van der Waals surface area contributed by atoms with E-state index in [1.165, 1.54) is 0 Å². The SMILES string of the molecule is COc1cc([O][Ti]([F])[SiH](C)C)cc(C(C)(C)C)c1.Cl.Cl. The van der Waals surface area contributed by atoms with Gasteiger partial charge in [-0.15, -0.1) is 24.8 Å². The summed E-state index contributed by atoms with van der Waals surface area (Å²) >= 11 is -2.80. The van der Waals surface area contributed by atoms with E-state index >= 15 is 0 Å². The number of ether oxygens (including phenoxy) is 1. The fourth-order valence-corrected chi connectivity index (χ4v) is 3.85. The summed E-state index contributed by atoms with van der Waals surface area (Å²) in [5, 5.41) is 0. The molecule has 0 unspecified atom stereocenters. The summed E-state index contributed by atoms with van der Waals surface area (Å²) in [5.74, 6) is 1.35. The Bertz CT molecular complexity index is 414. The van der Waals surface area contributed by atoms with Gasteiger partial charge in [-0.2, -0.15) is 0 Å². The van der Waals surface area contributed by atoms with Gasteiger partial charge in [-0.25, -0.2) is 0 Å². The van der Waals surface area contributed by atoms with E-state index in [4.69, 9.17) is 8.06 Å². The maximum atomic E-state index is 13.8. The maximum Gasteiger partial charge on any atom is -0.147 e. The molecule has 1 aromatic rings. The van der Waals surface area contributed by atoms with Crippen molar-refractivity contribution >= 4 is 31.5 Å². The molecule has 0 N–H and O–H groups in total. The molecular formula is C13H24Cl2FO2SiTi. The fourth-order valence-electron chi connectivity index (χ4n) is 1.41. The summed E-state index contributed by atoms with van der Waals surface area (Å²) in [6.07, 6.45) is 0. The van der Waals surface area contributed by atoms with Crippen LogP contribution in [0.3, 0.4) is 0 Å². The van der Waals surface area contributed by atoms with Gasteiger partial charge in [0, 0.05) is 0 Å². The fraction of sp³-hybridized carbons (Fsp3) is 0.538. The molecule has 7 heteroatoms. The van der Waals surface area contributed by atoms with Crippen LogP contribution in [-0.2, 0) is 23.5 Å². The van der Waals surface area contributed by atoms with Crippen molar-refractivity contribution in [3.05, 3.63) is 23.8 Å². The maximum absolute atomic E-state index is 13.8. The van der Waals surface area contributed by atoms with Crippen LogP contribution < -0.4 is 8.06 Å². The van der Waals surface area contributed by atoms with E-state index in [1.807, 2.05) is 25.2 Å². The van der Waals surface area contributed by atoms with E-state index in [-0.39, 0.29) is 30.2 Å². The van der Waals surface area contributed by atoms with Crippen LogP contribution >= 0.6 is 24.8 Å². The number of methoxy groups -OCH3 is 1. The Morgan fingerprint density at radius 2 is 1.55 bits per heavy atom. The van der Waals surface area contributed by atoms with Crippen LogP contribution in [0.15, 0.2) is 18.2 Å².